The number of rotatable bonds is 6. The lowest BCUT2D eigenvalue weighted by Gasteiger charge is -2.18. The number of hydrogen-bond donors (Lipinski definition) is 2. The number of hydrogen-bond acceptors (Lipinski definition) is 2. The van der Waals surface area contributed by atoms with Gasteiger partial charge < -0.3 is 10.6 Å². The molecule has 19 heavy (non-hydrogen) atoms. The molecule has 0 heterocycles. The summed E-state index contributed by atoms with van der Waals surface area (Å²) in [5.41, 5.74) is 1.22. The Balaban J connectivity index is 2.50. The van der Waals surface area contributed by atoms with Crippen LogP contribution in [0.3, 0.4) is 0 Å². The summed E-state index contributed by atoms with van der Waals surface area (Å²) in [7, 11) is 0. The predicted octanol–water partition coefficient (Wildman–Crippen LogP) is 1.82. The van der Waals surface area contributed by atoms with E-state index >= 15 is 0 Å². The Kier molecular flexibility index (Phi) is 6.06. The highest BCUT2D eigenvalue weighted by Gasteiger charge is 2.15. The Bertz CT molecular complexity index is 417. The average molecular weight is 262 g/mol. The minimum absolute atomic E-state index is 0.149. The molecule has 2 amide bonds. The summed E-state index contributed by atoms with van der Waals surface area (Å²) < 4.78 is 0. The van der Waals surface area contributed by atoms with Gasteiger partial charge in [0.05, 0.1) is 0 Å². The van der Waals surface area contributed by atoms with Crippen molar-refractivity contribution in [2.45, 2.75) is 39.2 Å². The molecule has 1 aromatic rings. The van der Waals surface area contributed by atoms with Gasteiger partial charge in [-0.15, -0.1) is 0 Å². The maximum Gasteiger partial charge on any atom is 0.242 e. The monoisotopic (exact) mass is 262 g/mol. The summed E-state index contributed by atoms with van der Waals surface area (Å²) in [6.07, 6.45) is 0.957. The summed E-state index contributed by atoms with van der Waals surface area (Å²) in [4.78, 5) is 22.7. The largest absolute Gasteiger partial charge is 0.354 e. The molecule has 4 heteroatoms. The van der Waals surface area contributed by atoms with E-state index in [1.807, 2.05) is 18.2 Å². The van der Waals surface area contributed by atoms with Crippen molar-refractivity contribution in [1.29, 1.82) is 0 Å². The van der Waals surface area contributed by atoms with E-state index in [4.69, 9.17) is 0 Å². The van der Waals surface area contributed by atoms with Gasteiger partial charge in [-0.1, -0.05) is 37.3 Å². The van der Waals surface area contributed by atoms with Crippen LogP contribution in [-0.4, -0.2) is 24.4 Å². The lowest BCUT2D eigenvalue weighted by atomic mass is 9.96. The molecule has 0 saturated heterocycles. The summed E-state index contributed by atoms with van der Waals surface area (Å²) in [5, 5.41) is 5.46. The third-order valence-corrected chi connectivity index (χ3v) is 3.10. The summed E-state index contributed by atoms with van der Waals surface area (Å²) >= 11 is 0. The van der Waals surface area contributed by atoms with Crippen molar-refractivity contribution in [3.8, 4) is 0 Å². The van der Waals surface area contributed by atoms with E-state index in [1.165, 1.54) is 12.5 Å². The molecular weight excluding hydrogens is 240 g/mol. The van der Waals surface area contributed by atoms with Gasteiger partial charge in [-0.3, -0.25) is 9.59 Å². The highest BCUT2D eigenvalue weighted by Crippen LogP contribution is 2.17. The van der Waals surface area contributed by atoms with Gasteiger partial charge in [-0.05, 0) is 18.9 Å². The van der Waals surface area contributed by atoms with E-state index in [0.717, 1.165) is 6.42 Å². The molecule has 0 fully saturated rings. The van der Waals surface area contributed by atoms with Crippen LogP contribution in [0.1, 0.15) is 38.7 Å². The van der Waals surface area contributed by atoms with Crippen LogP contribution in [0, 0.1) is 0 Å². The molecule has 4 nitrogen and oxygen atoms in total. The van der Waals surface area contributed by atoms with Crippen LogP contribution in [0.2, 0.25) is 0 Å². The van der Waals surface area contributed by atoms with Crippen molar-refractivity contribution in [1.82, 2.24) is 10.6 Å². The standard InChI is InChI=1S/C15H22N2O2/c1-4-13(14-8-6-5-7-9-14)10-16-15(19)11(2)17-12(3)18/h5-9,11,13H,4,10H2,1-3H3,(H,16,19)(H,17,18). The van der Waals surface area contributed by atoms with E-state index in [2.05, 4.69) is 29.7 Å². The first-order valence-corrected chi connectivity index (χ1v) is 6.64. The molecule has 0 aliphatic rings. The fraction of sp³-hybridized carbons (Fsp3) is 0.467. The lowest BCUT2D eigenvalue weighted by Crippen LogP contribution is -2.45. The van der Waals surface area contributed by atoms with Crippen molar-refractivity contribution < 1.29 is 9.59 Å². The molecule has 0 aliphatic carbocycles. The van der Waals surface area contributed by atoms with Gasteiger partial charge in [0.1, 0.15) is 6.04 Å². The molecule has 0 bridgehead atoms. The zero-order valence-corrected chi connectivity index (χ0v) is 11.8. The van der Waals surface area contributed by atoms with Crippen molar-refractivity contribution in [3.05, 3.63) is 35.9 Å². The molecular formula is C15H22N2O2. The van der Waals surface area contributed by atoms with Crippen molar-refractivity contribution in [2.75, 3.05) is 6.54 Å². The van der Waals surface area contributed by atoms with Crippen LogP contribution in [0.5, 0.6) is 0 Å². The first-order valence-electron chi connectivity index (χ1n) is 6.64. The highest BCUT2D eigenvalue weighted by molar-refractivity contribution is 5.86. The highest BCUT2D eigenvalue weighted by atomic mass is 16.2. The molecule has 0 aromatic heterocycles. The smallest absolute Gasteiger partial charge is 0.242 e. The van der Waals surface area contributed by atoms with Crippen LogP contribution in [0.25, 0.3) is 0 Å². The fourth-order valence-corrected chi connectivity index (χ4v) is 1.97. The minimum Gasteiger partial charge on any atom is -0.354 e. The molecule has 104 valence electrons. The first kappa shape index (κ1) is 15.2. The molecule has 1 aromatic carbocycles. The van der Waals surface area contributed by atoms with E-state index in [0.29, 0.717) is 12.5 Å². The van der Waals surface area contributed by atoms with E-state index in [1.54, 1.807) is 6.92 Å². The molecule has 2 unspecified atom stereocenters. The third kappa shape index (κ3) is 5.12. The van der Waals surface area contributed by atoms with Crippen molar-refractivity contribution in [3.63, 3.8) is 0 Å². The van der Waals surface area contributed by atoms with E-state index in [-0.39, 0.29) is 11.8 Å². The molecule has 0 spiro atoms. The molecule has 0 saturated carbocycles. The Hall–Kier alpha value is -1.84. The van der Waals surface area contributed by atoms with Crippen LogP contribution in [0.15, 0.2) is 30.3 Å². The van der Waals surface area contributed by atoms with Gasteiger partial charge in [0.15, 0.2) is 0 Å². The zero-order chi connectivity index (χ0) is 14.3. The van der Waals surface area contributed by atoms with Crippen LogP contribution < -0.4 is 10.6 Å². The third-order valence-electron chi connectivity index (χ3n) is 3.10. The number of benzene rings is 1. The van der Waals surface area contributed by atoms with E-state index < -0.39 is 6.04 Å². The lowest BCUT2D eigenvalue weighted by molar-refractivity contribution is -0.127. The molecule has 2 N–H and O–H groups in total. The molecule has 0 aliphatic heterocycles. The number of carbonyl (C=O) groups is 2. The molecule has 0 radical (unpaired) electrons. The topological polar surface area (TPSA) is 58.2 Å². The summed E-state index contributed by atoms with van der Waals surface area (Å²) in [6.45, 7) is 5.77. The van der Waals surface area contributed by atoms with Crippen LogP contribution >= 0.6 is 0 Å². The second-order valence-electron chi connectivity index (χ2n) is 4.68. The Morgan fingerprint density at radius 3 is 2.37 bits per heavy atom. The van der Waals surface area contributed by atoms with Gasteiger partial charge in [0, 0.05) is 19.4 Å². The van der Waals surface area contributed by atoms with Crippen molar-refractivity contribution in [2.24, 2.45) is 0 Å². The number of nitrogens with one attached hydrogen (secondary N) is 2. The Morgan fingerprint density at radius 2 is 1.84 bits per heavy atom. The minimum atomic E-state index is -0.495. The van der Waals surface area contributed by atoms with Crippen LogP contribution in [-0.2, 0) is 9.59 Å². The van der Waals surface area contributed by atoms with Gasteiger partial charge >= 0.3 is 0 Å². The zero-order valence-electron chi connectivity index (χ0n) is 11.8. The van der Waals surface area contributed by atoms with E-state index in [9.17, 15) is 9.59 Å². The fourth-order valence-electron chi connectivity index (χ4n) is 1.97. The maximum atomic E-state index is 11.8. The molecule has 2 atom stereocenters. The van der Waals surface area contributed by atoms with Crippen molar-refractivity contribution >= 4 is 11.8 Å². The molecule has 1 rings (SSSR count). The second-order valence-corrected chi connectivity index (χ2v) is 4.68. The average Bonchev–Trinajstić information content (AvgIpc) is 2.39. The normalized spacial score (nSPS) is 13.4. The van der Waals surface area contributed by atoms with Gasteiger partial charge in [-0.25, -0.2) is 0 Å². The van der Waals surface area contributed by atoms with Gasteiger partial charge in [0.2, 0.25) is 11.8 Å². The maximum absolute atomic E-state index is 11.8. The quantitative estimate of drug-likeness (QED) is 0.821. The Labute approximate surface area is 114 Å². The Morgan fingerprint density at radius 1 is 1.21 bits per heavy atom. The predicted molar refractivity (Wildman–Crippen MR) is 75.8 cm³/mol. The first-order chi connectivity index (χ1) is 9.04. The number of carbonyl (C=O) groups excluding carboxylic acids is 2. The number of amides is 2. The summed E-state index contributed by atoms with van der Waals surface area (Å²) in [5.74, 6) is -0.0444. The summed E-state index contributed by atoms with van der Waals surface area (Å²) in [6, 6.07) is 9.62. The van der Waals surface area contributed by atoms with Gasteiger partial charge in [0.25, 0.3) is 0 Å². The second kappa shape index (κ2) is 7.56. The SMILES string of the molecule is CCC(CNC(=O)C(C)NC(C)=O)c1ccccc1. The van der Waals surface area contributed by atoms with Gasteiger partial charge in [-0.2, -0.15) is 0 Å². The van der Waals surface area contributed by atoms with Crippen LogP contribution in [0.4, 0.5) is 0 Å².